The quantitative estimate of drug-likeness (QED) is 0.659. The first-order valence-electron chi connectivity index (χ1n) is 7.54. The van der Waals surface area contributed by atoms with Gasteiger partial charge in [-0.05, 0) is 19.8 Å². The number of ether oxygens (including phenoxy) is 1. The minimum absolute atomic E-state index is 0.101. The lowest BCUT2D eigenvalue weighted by Crippen LogP contribution is -2.50. The zero-order chi connectivity index (χ0) is 16.8. The SMILES string of the molecule is CCOC(=O)C1CCC(C2(O)C(=O)c3ccccc3C2=O)C1=O. The topological polar surface area (TPSA) is 97.7 Å². The molecule has 1 aromatic rings. The lowest BCUT2D eigenvalue weighted by atomic mass is 9.80. The maximum absolute atomic E-state index is 12.5. The molecule has 0 saturated heterocycles. The van der Waals surface area contributed by atoms with E-state index in [9.17, 15) is 24.3 Å². The fourth-order valence-corrected chi connectivity index (χ4v) is 3.46. The van der Waals surface area contributed by atoms with Crippen molar-refractivity contribution < 1.29 is 29.0 Å². The predicted octanol–water partition coefficient (Wildman–Crippen LogP) is 0.955. The van der Waals surface area contributed by atoms with E-state index in [0.717, 1.165) is 0 Å². The van der Waals surface area contributed by atoms with Crippen LogP contribution in [0.25, 0.3) is 0 Å². The summed E-state index contributed by atoms with van der Waals surface area (Å²) in [5.74, 6) is -5.01. The first-order chi connectivity index (χ1) is 10.9. The second kappa shape index (κ2) is 5.38. The first kappa shape index (κ1) is 15.6. The van der Waals surface area contributed by atoms with E-state index in [-0.39, 0.29) is 30.6 Å². The fourth-order valence-electron chi connectivity index (χ4n) is 3.46. The van der Waals surface area contributed by atoms with Gasteiger partial charge in [-0.25, -0.2) is 0 Å². The Balaban J connectivity index is 1.94. The average Bonchev–Trinajstić information content (AvgIpc) is 3.02. The van der Waals surface area contributed by atoms with E-state index in [0.29, 0.717) is 0 Å². The van der Waals surface area contributed by atoms with Crippen LogP contribution in [0, 0.1) is 11.8 Å². The summed E-state index contributed by atoms with van der Waals surface area (Å²) in [7, 11) is 0. The van der Waals surface area contributed by atoms with Crippen LogP contribution in [0.3, 0.4) is 0 Å². The normalized spacial score (nSPS) is 25.6. The van der Waals surface area contributed by atoms with Crippen molar-refractivity contribution in [2.45, 2.75) is 25.4 Å². The van der Waals surface area contributed by atoms with E-state index >= 15 is 0 Å². The fraction of sp³-hybridized carbons (Fsp3) is 0.412. The summed E-state index contributed by atoms with van der Waals surface area (Å²) >= 11 is 0. The van der Waals surface area contributed by atoms with Crippen molar-refractivity contribution in [1.82, 2.24) is 0 Å². The van der Waals surface area contributed by atoms with Crippen LogP contribution in [0.4, 0.5) is 0 Å². The second-order valence-corrected chi connectivity index (χ2v) is 5.81. The molecule has 6 nitrogen and oxygen atoms in total. The number of esters is 1. The van der Waals surface area contributed by atoms with E-state index in [1.54, 1.807) is 19.1 Å². The number of carbonyl (C=O) groups is 4. The third kappa shape index (κ3) is 2.05. The van der Waals surface area contributed by atoms with Crippen molar-refractivity contribution >= 4 is 23.3 Å². The van der Waals surface area contributed by atoms with Gasteiger partial charge in [0.25, 0.3) is 0 Å². The summed E-state index contributed by atoms with van der Waals surface area (Å²) in [6.45, 7) is 1.77. The minimum Gasteiger partial charge on any atom is -0.465 e. The molecular formula is C17H16O6. The monoisotopic (exact) mass is 316 g/mol. The Morgan fingerprint density at radius 3 is 2.26 bits per heavy atom. The standard InChI is InChI=1S/C17H16O6/c1-2-23-16(21)11-7-8-12(13(11)18)17(22)14(19)9-5-3-4-6-10(9)15(17)20/h3-6,11-12,22H,2,7-8H2,1H3. The molecule has 23 heavy (non-hydrogen) atoms. The number of fused-ring (bicyclic) bond motifs is 1. The van der Waals surface area contributed by atoms with Crippen molar-refractivity contribution in [2.75, 3.05) is 6.61 Å². The molecule has 0 bridgehead atoms. The van der Waals surface area contributed by atoms with E-state index in [4.69, 9.17) is 4.74 Å². The van der Waals surface area contributed by atoms with Crippen molar-refractivity contribution in [3.8, 4) is 0 Å². The Bertz CT molecular complexity index is 685. The van der Waals surface area contributed by atoms with Crippen molar-refractivity contribution in [2.24, 2.45) is 11.8 Å². The van der Waals surface area contributed by atoms with Crippen LogP contribution in [0.15, 0.2) is 24.3 Å². The number of Topliss-reactive ketones (excluding diaryl/α,β-unsaturated/α-hetero) is 3. The Morgan fingerprint density at radius 2 is 1.74 bits per heavy atom. The number of aliphatic hydroxyl groups is 1. The zero-order valence-electron chi connectivity index (χ0n) is 12.6. The molecular weight excluding hydrogens is 300 g/mol. The Labute approximate surface area is 132 Å². The molecule has 0 aliphatic heterocycles. The zero-order valence-corrected chi connectivity index (χ0v) is 12.6. The summed E-state index contributed by atoms with van der Waals surface area (Å²) < 4.78 is 4.84. The highest BCUT2D eigenvalue weighted by molar-refractivity contribution is 6.33. The molecule has 1 fully saturated rings. The van der Waals surface area contributed by atoms with Crippen LogP contribution >= 0.6 is 0 Å². The predicted molar refractivity (Wildman–Crippen MR) is 77.9 cm³/mol. The van der Waals surface area contributed by atoms with E-state index in [1.165, 1.54) is 12.1 Å². The van der Waals surface area contributed by atoms with Gasteiger partial charge in [-0.15, -0.1) is 0 Å². The molecule has 1 saturated carbocycles. The van der Waals surface area contributed by atoms with Crippen molar-refractivity contribution in [1.29, 1.82) is 0 Å². The third-order valence-electron chi connectivity index (χ3n) is 4.61. The van der Waals surface area contributed by atoms with E-state index < -0.39 is 40.8 Å². The summed E-state index contributed by atoms with van der Waals surface area (Å²) in [5.41, 5.74) is -2.16. The summed E-state index contributed by atoms with van der Waals surface area (Å²) in [6.07, 6.45) is 0.270. The van der Waals surface area contributed by atoms with Crippen molar-refractivity contribution in [3.63, 3.8) is 0 Å². The molecule has 0 aromatic heterocycles. The second-order valence-electron chi connectivity index (χ2n) is 5.81. The van der Waals surface area contributed by atoms with Crippen LogP contribution in [-0.2, 0) is 14.3 Å². The van der Waals surface area contributed by atoms with Gasteiger partial charge in [0, 0.05) is 11.1 Å². The number of rotatable bonds is 3. The molecule has 120 valence electrons. The van der Waals surface area contributed by atoms with Gasteiger partial charge in [0.05, 0.1) is 12.5 Å². The summed E-state index contributed by atoms with van der Waals surface area (Å²) in [4.78, 5) is 49.3. The number of ketones is 3. The summed E-state index contributed by atoms with van der Waals surface area (Å²) in [5, 5.41) is 10.8. The molecule has 1 aromatic carbocycles. The van der Waals surface area contributed by atoms with Crippen LogP contribution in [0.5, 0.6) is 0 Å². The van der Waals surface area contributed by atoms with Gasteiger partial charge in [-0.3, -0.25) is 19.2 Å². The third-order valence-corrected chi connectivity index (χ3v) is 4.61. The van der Waals surface area contributed by atoms with Gasteiger partial charge < -0.3 is 9.84 Å². The Kier molecular flexibility index (Phi) is 3.64. The number of carbonyl (C=O) groups excluding carboxylic acids is 4. The minimum atomic E-state index is -2.40. The maximum Gasteiger partial charge on any atom is 0.316 e. The van der Waals surface area contributed by atoms with Crippen LogP contribution < -0.4 is 0 Å². The van der Waals surface area contributed by atoms with Crippen LogP contribution in [0.2, 0.25) is 0 Å². The van der Waals surface area contributed by atoms with Gasteiger partial charge >= 0.3 is 5.97 Å². The smallest absolute Gasteiger partial charge is 0.316 e. The molecule has 6 heteroatoms. The molecule has 1 N–H and O–H groups in total. The number of hydrogen-bond donors (Lipinski definition) is 1. The maximum atomic E-state index is 12.5. The molecule has 0 amide bonds. The van der Waals surface area contributed by atoms with Gasteiger partial charge in [0.15, 0.2) is 11.4 Å². The highest BCUT2D eigenvalue weighted by atomic mass is 16.5. The Hall–Kier alpha value is -2.34. The van der Waals surface area contributed by atoms with Gasteiger partial charge in [-0.2, -0.15) is 0 Å². The molecule has 0 spiro atoms. The van der Waals surface area contributed by atoms with Crippen LogP contribution in [0.1, 0.15) is 40.5 Å². The largest absolute Gasteiger partial charge is 0.465 e. The molecule has 2 unspecified atom stereocenters. The molecule has 2 aliphatic carbocycles. The molecule has 3 rings (SSSR count). The van der Waals surface area contributed by atoms with E-state index in [2.05, 4.69) is 0 Å². The molecule has 0 heterocycles. The lowest BCUT2D eigenvalue weighted by molar-refractivity contribution is -0.151. The highest BCUT2D eigenvalue weighted by Crippen LogP contribution is 2.43. The van der Waals surface area contributed by atoms with Crippen molar-refractivity contribution in [3.05, 3.63) is 35.4 Å². The molecule has 2 atom stereocenters. The van der Waals surface area contributed by atoms with Crippen LogP contribution in [-0.4, -0.2) is 40.6 Å². The summed E-state index contributed by atoms with van der Waals surface area (Å²) in [6, 6.07) is 6.09. The first-order valence-corrected chi connectivity index (χ1v) is 7.54. The van der Waals surface area contributed by atoms with Gasteiger partial charge in [-0.1, -0.05) is 24.3 Å². The number of benzene rings is 1. The lowest BCUT2D eigenvalue weighted by Gasteiger charge is -2.25. The number of hydrogen-bond acceptors (Lipinski definition) is 6. The average molecular weight is 316 g/mol. The molecule has 2 aliphatic rings. The highest BCUT2D eigenvalue weighted by Gasteiger charge is 2.61. The van der Waals surface area contributed by atoms with Gasteiger partial charge in [0.2, 0.25) is 11.6 Å². The van der Waals surface area contributed by atoms with E-state index in [1.807, 2.05) is 0 Å². The Morgan fingerprint density at radius 1 is 1.17 bits per heavy atom. The molecule has 0 radical (unpaired) electrons. The van der Waals surface area contributed by atoms with Gasteiger partial charge in [0.1, 0.15) is 5.92 Å².